The van der Waals surface area contributed by atoms with Crippen LogP contribution in [0.2, 0.25) is 0 Å². The Balaban J connectivity index is 1.76. The first-order chi connectivity index (χ1) is 10.6. The van der Waals surface area contributed by atoms with Gasteiger partial charge >= 0.3 is 6.03 Å². The fraction of sp³-hybridized carbons (Fsp3) is 0. The summed E-state index contributed by atoms with van der Waals surface area (Å²) in [6.45, 7) is 0. The molecule has 110 valence electrons. The van der Waals surface area contributed by atoms with Gasteiger partial charge in [0.15, 0.2) is 5.58 Å². The Kier molecular flexibility index (Phi) is 3.76. The molecular formula is C16H13N3O2S. The van der Waals surface area contributed by atoms with E-state index in [0.29, 0.717) is 22.5 Å². The van der Waals surface area contributed by atoms with Crippen LogP contribution in [0.15, 0.2) is 59.2 Å². The zero-order valence-electron chi connectivity index (χ0n) is 11.5. The van der Waals surface area contributed by atoms with Crippen molar-refractivity contribution in [2.75, 3.05) is 10.6 Å². The first kappa shape index (κ1) is 14.1. The number of amides is 2. The molecule has 0 aliphatic rings. The number of nitrogens with one attached hydrogen (secondary N) is 2. The summed E-state index contributed by atoms with van der Waals surface area (Å²) in [6, 6.07) is 14.0. The van der Waals surface area contributed by atoms with E-state index in [-0.39, 0.29) is 11.0 Å². The monoisotopic (exact) mass is 311 g/mol. The van der Waals surface area contributed by atoms with Gasteiger partial charge in [-0.1, -0.05) is 36.5 Å². The number of furan rings is 1. The maximum absolute atomic E-state index is 12.1. The highest BCUT2D eigenvalue weighted by Gasteiger charge is 2.08. The quantitative estimate of drug-likeness (QED) is 0.644. The van der Waals surface area contributed by atoms with Crippen molar-refractivity contribution in [3.8, 4) is 0 Å². The number of hydrogen-bond donors (Lipinski definition) is 3. The van der Waals surface area contributed by atoms with E-state index in [1.165, 1.54) is 0 Å². The van der Waals surface area contributed by atoms with Crippen molar-refractivity contribution in [1.82, 2.24) is 0 Å². The van der Waals surface area contributed by atoms with E-state index >= 15 is 0 Å². The largest absolute Gasteiger partial charge is 0.462 e. The Morgan fingerprint density at radius 2 is 1.91 bits per heavy atom. The van der Waals surface area contributed by atoms with Gasteiger partial charge in [0.1, 0.15) is 4.99 Å². The smallest absolute Gasteiger partial charge is 0.323 e. The summed E-state index contributed by atoms with van der Waals surface area (Å²) in [6.07, 6.45) is 1.58. The van der Waals surface area contributed by atoms with Crippen LogP contribution in [0.3, 0.4) is 0 Å². The number of rotatable bonds is 3. The third-order valence-electron chi connectivity index (χ3n) is 3.13. The van der Waals surface area contributed by atoms with Crippen molar-refractivity contribution in [3.63, 3.8) is 0 Å². The summed E-state index contributed by atoms with van der Waals surface area (Å²) in [5, 5.41) is 6.42. The Morgan fingerprint density at radius 3 is 2.73 bits per heavy atom. The van der Waals surface area contributed by atoms with E-state index in [2.05, 4.69) is 10.6 Å². The zero-order valence-corrected chi connectivity index (χ0v) is 12.3. The van der Waals surface area contributed by atoms with Crippen LogP contribution in [0, 0.1) is 0 Å². The number of anilines is 2. The van der Waals surface area contributed by atoms with E-state index in [4.69, 9.17) is 22.4 Å². The maximum atomic E-state index is 12.1. The van der Waals surface area contributed by atoms with Crippen molar-refractivity contribution in [2.24, 2.45) is 5.73 Å². The van der Waals surface area contributed by atoms with Gasteiger partial charge in [-0.05, 0) is 24.3 Å². The highest BCUT2D eigenvalue weighted by molar-refractivity contribution is 7.80. The first-order valence-corrected chi connectivity index (χ1v) is 6.98. The third-order valence-corrected chi connectivity index (χ3v) is 3.37. The molecule has 0 bridgehead atoms. The van der Waals surface area contributed by atoms with E-state index in [1.807, 2.05) is 18.2 Å². The average molecular weight is 311 g/mol. The van der Waals surface area contributed by atoms with Crippen molar-refractivity contribution < 1.29 is 9.21 Å². The SMILES string of the molecule is NC(=S)c1cccc(NC(=O)Nc2cccc3ccoc23)c1. The molecule has 3 rings (SSSR count). The van der Waals surface area contributed by atoms with Gasteiger partial charge < -0.3 is 20.8 Å². The molecule has 4 N–H and O–H groups in total. The Morgan fingerprint density at radius 1 is 1.09 bits per heavy atom. The Hall–Kier alpha value is -2.86. The predicted octanol–water partition coefficient (Wildman–Crippen LogP) is 3.71. The molecule has 1 aromatic heterocycles. The highest BCUT2D eigenvalue weighted by Crippen LogP contribution is 2.24. The molecule has 2 aromatic carbocycles. The molecule has 0 unspecified atom stereocenters. The molecule has 0 aliphatic heterocycles. The molecule has 0 aliphatic carbocycles. The lowest BCUT2D eigenvalue weighted by Crippen LogP contribution is -2.20. The molecule has 6 heteroatoms. The Labute approximate surface area is 132 Å². The fourth-order valence-corrected chi connectivity index (χ4v) is 2.25. The lowest BCUT2D eigenvalue weighted by atomic mass is 10.2. The van der Waals surface area contributed by atoms with E-state index in [9.17, 15) is 4.79 Å². The van der Waals surface area contributed by atoms with Crippen LogP contribution in [0.5, 0.6) is 0 Å². The minimum atomic E-state index is -0.371. The van der Waals surface area contributed by atoms with Crippen molar-refractivity contribution >= 4 is 45.6 Å². The minimum absolute atomic E-state index is 0.282. The summed E-state index contributed by atoms with van der Waals surface area (Å²) >= 11 is 4.92. The first-order valence-electron chi connectivity index (χ1n) is 6.57. The molecule has 0 atom stereocenters. The summed E-state index contributed by atoms with van der Waals surface area (Å²) in [5.41, 5.74) is 8.12. The minimum Gasteiger partial charge on any atom is -0.462 e. The summed E-state index contributed by atoms with van der Waals surface area (Å²) in [4.78, 5) is 12.4. The molecule has 0 saturated heterocycles. The van der Waals surface area contributed by atoms with E-state index in [1.54, 1.807) is 36.6 Å². The second kappa shape index (κ2) is 5.87. The third kappa shape index (κ3) is 2.91. The van der Waals surface area contributed by atoms with Gasteiger partial charge in [0, 0.05) is 16.6 Å². The summed E-state index contributed by atoms with van der Waals surface area (Å²) in [7, 11) is 0. The molecule has 0 radical (unpaired) electrons. The zero-order chi connectivity index (χ0) is 15.5. The highest BCUT2D eigenvalue weighted by atomic mass is 32.1. The van der Waals surface area contributed by atoms with Gasteiger partial charge in [-0.25, -0.2) is 4.79 Å². The predicted molar refractivity (Wildman–Crippen MR) is 91.2 cm³/mol. The maximum Gasteiger partial charge on any atom is 0.323 e. The van der Waals surface area contributed by atoms with Gasteiger partial charge in [0.25, 0.3) is 0 Å². The number of nitrogens with two attached hydrogens (primary N) is 1. The van der Waals surface area contributed by atoms with E-state index in [0.717, 1.165) is 5.39 Å². The van der Waals surface area contributed by atoms with Crippen LogP contribution in [0.1, 0.15) is 5.56 Å². The number of para-hydroxylation sites is 1. The van der Waals surface area contributed by atoms with Gasteiger partial charge in [0.05, 0.1) is 12.0 Å². The lowest BCUT2D eigenvalue weighted by Gasteiger charge is -2.09. The number of urea groups is 1. The molecule has 3 aromatic rings. The molecular weight excluding hydrogens is 298 g/mol. The molecule has 2 amide bonds. The lowest BCUT2D eigenvalue weighted by molar-refractivity contribution is 0.262. The summed E-state index contributed by atoms with van der Waals surface area (Å²) in [5.74, 6) is 0. The van der Waals surface area contributed by atoms with Crippen LogP contribution in [-0.4, -0.2) is 11.0 Å². The van der Waals surface area contributed by atoms with Crippen LogP contribution in [-0.2, 0) is 0 Å². The standard InChI is InChI=1S/C16H13N3O2S/c17-15(22)11-4-1-5-12(9-11)18-16(20)19-13-6-2-3-10-7-8-21-14(10)13/h1-9H,(H2,17,22)(H2,18,19,20). The van der Waals surface area contributed by atoms with Crippen molar-refractivity contribution in [1.29, 1.82) is 0 Å². The van der Waals surface area contributed by atoms with Crippen LogP contribution < -0.4 is 16.4 Å². The number of benzene rings is 2. The normalized spacial score (nSPS) is 10.4. The van der Waals surface area contributed by atoms with Crippen LogP contribution in [0.4, 0.5) is 16.2 Å². The topological polar surface area (TPSA) is 80.3 Å². The fourth-order valence-electron chi connectivity index (χ4n) is 2.13. The summed E-state index contributed by atoms with van der Waals surface area (Å²) < 4.78 is 5.37. The molecule has 22 heavy (non-hydrogen) atoms. The number of carbonyl (C=O) groups excluding carboxylic acids is 1. The van der Waals surface area contributed by atoms with Gasteiger partial charge in [-0.2, -0.15) is 0 Å². The van der Waals surface area contributed by atoms with Crippen molar-refractivity contribution in [2.45, 2.75) is 0 Å². The van der Waals surface area contributed by atoms with Gasteiger partial charge in [-0.15, -0.1) is 0 Å². The second-order valence-electron chi connectivity index (χ2n) is 4.67. The van der Waals surface area contributed by atoms with Crippen LogP contribution >= 0.6 is 12.2 Å². The van der Waals surface area contributed by atoms with Crippen LogP contribution in [0.25, 0.3) is 11.0 Å². The van der Waals surface area contributed by atoms with Crippen molar-refractivity contribution in [3.05, 3.63) is 60.4 Å². The second-order valence-corrected chi connectivity index (χ2v) is 5.11. The number of fused-ring (bicyclic) bond motifs is 1. The molecule has 0 spiro atoms. The van der Waals surface area contributed by atoms with Gasteiger partial charge in [-0.3, -0.25) is 0 Å². The Bertz CT molecular complexity index is 857. The average Bonchev–Trinajstić information content (AvgIpc) is 2.97. The molecule has 0 saturated carbocycles. The van der Waals surface area contributed by atoms with Gasteiger partial charge in [0.2, 0.25) is 0 Å². The molecule has 1 heterocycles. The molecule has 0 fully saturated rings. The number of thiocarbonyl (C=S) groups is 1. The van der Waals surface area contributed by atoms with E-state index < -0.39 is 0 Å². The molecule has 5 nitrogen and oxygen atoms in total. The number of carbonyl (C=O) groups is 1. The number of hydrogen-bond acceptors (Lipinski definition) is 3.